The van der Waals surface area contributed by atoms with Gasteiger partial charge in [0.25, 0.3) is 5.56 Å². The molecule has 1 aromatic carbocycles. The molecule has 0 unspecified atom stereocenters. The van der Waals surface area contributed by atoms with Crippen molar-refractivity contribution in [3.8, 4) is 5.69 Å². The lowest BCUT2D eigenvalue weighted by Gasteiger charge is -2.11. The first kappa shape index (κ1) is 15.9. The normalized spacial score (nSPS) is 11.1. The predicted octanol–water partition coefficient (Wildman–Crippen LogP) is 2.18. The molecule has 0 saturated carbocycles. The maximum atomic E-state index is 13.1. The molecule has 130 valence electrons. The van der Waals surface area contributed by atoms with E-state index in [1.54, 1.807) is 41.2 Å². The second-order valence-electron chi connectivity index (χ2n) is 5.78. The van der Waals surface area contributed by atoms with E-state index in [4.69, 9.17) is 4.42 Å². The third kappa shape index (κ3) is 2.50. The van der Waals surface area contributed by atoms with Gasteiger partial charge in [-0.15, -0.1) is 6.58 Å². The predicted molar refractivity (Wildman–Crippen MR) is 97.6 cm³/mol. The van der Waals surface area contributed by atoms with Crippen LogP contribution in [0.15, 0.2) is 81.7 Å². The Bertz CT molecular complexity index is 1180. The molecular weight excluding hydrogens is 332 g/mol. The molecule has 0 atom stereocenters. The zero-order valence-electron chi connectivity index (χ0n) is 13.9. The van der Waals surface area contributed by atoms with Crippen molar-refractivity contribution in [2.75, 3.05) is 0 Å². The fraction of sp³-hybridized carbons (Fsp3) is 0.105. The number of aromatic nitrogens is 4. The Labute approximate surface area is 148 Å². The lowest BCUT2D eigenvalue weighted by Crippen LogP contribution is -2.40. The first-order valence-electron chi connectivity index (χ1n) is 8.10. The smallest absolute Gasteiger partial charge is 0.337 e. The van der Waals surface area contributed by atoms with Crippen LogP contribution in [0.25, 0.3) is 16.9 Å². The van der Waals surface area contributed by atoms with Gasteiger partial charge in [0.05, 0.1) is 24.8 Å². The van der Waals surface area contributed by atoms with Crippen LogP contribution in [0.1, 0.15) is 5.76 Å². The van der Waals surface area contributed by atoms with Gasteiger partial charge in [0.1, 0.15) is 5.76 Å². The Morgan fingerprint density at radius 1 is 1.12 bits per heavy atom. The molecular formula is C19H16N4O3. The average Bonchev–Trinajstić information content (AvgIpc) is 3.30. The molecule has 26 heavy (non-hydrogen) atoms. The van der Waals surface area contributed by atoms with E-state index in [0.717, 1.165) is 4.57 Å². The molecule has 0 radical (unpaired) electrons. The summed E-state index contributed by atoms with van der Waals surface area (Å²) in [7, 11) is 0. The van der Waals surface area contributed by atoms with Gasteiger partial charge in [-0.25, -0.2) is 14.3 Å². The van der Waals surface area contributed by atoms with E-state index in [-0.39, 0.29) is 6.54 Å². The molecule has 3 heterocycles. The van der Waals surface area contributed by atoms with Crippen LogP contribution in [0.4, 0.5) is 0 Å². The molecule has 0 spiro atoms. The van der Waals surface area contributed by atoms with Crippen LogP contribution in [-0.2, 0) is 13.1 Å². The van der Waals surface area contributed by atoms with Crippen LogP contribution in [0.3, 0.4) is 0 Å². The first-order chi connectivity index (χ1) is 12.7. The van der Waals surface area contributed by atoms with Crippen molar-refractivity contribution < 1.29 is 4.42 Å². The summed E-state index contributed by atoms with van der Waals surface area (Å²) in [6.07, 6.45) is 4.73. The summed E-state index contributed by atoms with van der Waals surface area (Å²) >= 11 is 0. The lowest BCUT2D eigenvalue weighted by molar-refractivity contribution is 0.482. The lowest BCUT2D eigenvalue weighted by atomic mass is 10.3. The van der Waals surface area contributed by atoms with Gasteiger partial charge in [-0.2, -0.15) is 0 Å². The van der Waals surface area contributed by atoms with Crippen molar-refractivity contribution in [1.29, 1.82) is 0 Å². The van der Waals surface area contributed by atoms with Crippen LogP contribution in [0.2, 0.25) is 0 Å². The minimum absolute atomic E-state index is 0.0483. The van der Waals surface area contributed by atoms with E-state index in [1.165, 1.54) is 10.8 Å². The highest BCUT2D eigenvalue weighted by molar-refractivity contribution is 5.72. The van der Waals surface area contributed by atoms with Crippen molar-refractivity contribution >= 4 is 11.2 Å². The Morgan fingerprint density at radius 2 is 1.92 bits per heavy atom. The van der Waals surface area contributed by atoms with Crippen LogP contribution < -0.4 is 11.2 Å². The number of imidazole rings is 1. The number of para-hydroxylation sites is 1. The molecule has 3 aromatic heterocycles. The Hall–Kier alpha value is -3.61. The van der Waals surface area contributed by atoms with Crippen LogP contribution in [0.5, 0.6) is 0 Å². The van der Waals surface area contributed by atoms with Gasteiger partial charge < -0.3 is 8.98 Å². The Kier molecular flexibility index (Phi) is 3.89. The minimum Gasteiger partial charge on any atom is -0.467 e. The molecule has 7 heteroatoms. The summed E-state index contributed by atoms with van der Waals surface area (Å²) in [4.78, 5) is 30.5. The third-order valence-corrected chi connectivity index (χ3v) is 4.13. The van der Waals surface area contributed by atoms with E-state index in [2.05, 4.69) is 11.6 Å². The number of furan rings is 1. The maximum absolute atomic E-state index is 13.1. The summed E-state index contributed by atoms with van der Waals surface area (Å²) in [6.45, 7) is 4.18. The number of benzene rings is 1. The standard InChI is InChI=1S/C19H16N4O3/c1-2-10-21-13-20-17-16(21)18(24)22(12-15-9-6-11-26-15)19(25)23(17)14-7-4-3-5-8-14/h2-9,11,13H,1,10,12H2. The topological polar surface area (TPSA) is 75.0 Å². The van der Waals surface area contributed by atoms with E-state index < -0.39 is 11.2 Å². The van der Waals surface area contributed by atoms with Gasteiger partial charge in [-0.05, 0) is 24.3 Å². The second kappa shape index (κ2) is 6.36. The van der Waals surface area contributed by atoms with Gasteiger partial charge in [0.2, 0.25) is 0 Å². The quantitative estimate of drug-likeness (QED) is 0.518. The summed E-state index contributed by atoms with van der Waals surface area (Å²) in [6, 6.07) is 12.6. The van der Waals surface area contributed by atoms with E-state index in [0.29, 0.717) is 29.2 Å². The highest BCUT2D eigenvalue weighted by Gasteiger charge is 2.19. The molecule has 4 aromatic rings. The molecule has 0 aliphatic carbocycles. The highest BCUT2D eigenvalue weighted by Crippen LogP contribution is 2.13. The number of hydrogen-bond donors (Lipinski definition) is 0. The van der Waals surface area contributed by atoms with Gasteiger partial charge >= 0.3 is 5.69 Å². The number of allylic oxidation sites excluding steroid dienone is 1. The van der Waals surface area contributed by atoms with Crippen LogP contribution in [0, 0.1) is 0 Å². The Balaban J connectivity index is 2.07. The second-order valence-corrected chi connectivity index (χ2v) is 5.78. The molecule has 0 aliphatic heterocycles. The molecule has 0 amide bonds. The van der Waals surface area contributed by atoms with Crippen molar-refractivity contribution in [1.82, 2.24) is 18.7 Å². The zero-order valence-corrected chi connectivity index (χ0v) is 13.9. The van der Waals surface area contributed by atoms with Crippen molar-refractivity contribution in [3.05, 3.63) is 94.3 Å². The van der Waals surface area contributed by atoms with Crippen molar-refractivity contribution in [3.63, 3.8) is 0 Å². The first-order valence-corrected chi connectivity index (χ1v) is 8.10. The fourth-order valence-corrected chi connectivity index (χ4v) is 2.96. The van der Waals surface area contributed by atoms with E-state index in [1.807, 2.05) is 18.2 Å². The SMILES string of the molecule is C=CCn1cnc2c1c(=O)n(Cc1ccco1)c(=O)n2-c1ccccc1. The molecule has 0 bridgehead atoms. The highest BCUT2D eigenvalue weighted by atomic mass is 16.3. The molecule has 0 aliphatic rings. The summed E-state index contributed by atoms with van der Waals surface area (Å²) in [5.74, 6) is 0.526. The van der Waals surface area contributed by atoms with Crippen molar-refractivity contribution in [2.45, 2.75) is 13.1 Å². The van der Waals surface area contributed by atoms with Crippen LogP contribution >= 0.6 is 0 Å². The number of fused-ring (bicyclic) bond motifs is 1. The van der Waals surface area contributed by atoms with Gasteiger partial charge in [0, 0.05) is 6.54 Å². The monoisotopic (exact) mass is 348 g/mol. The number of rotatable bonds is 5. The largest absolute Gasteiger partial charge is 0.467 e. The molecule has 4 rings (SSSR count). The van der Waals surface area contributed by atoms with E-state index >= 15 is 0 Å². The molecule has 0 N–H and O–H groups in total. The van der Waals surface area contributed by atoms with Crippen LogP contribution in [-0.4, -0.2) is 18.7 Å². The van der Waals surface area contributed by atoms with Gasteiger partial charge in [0.15, 0.2) is 11.2 Å². The summed E-state index contributed by atoms with van der Waals surface area (Å²) in [5, 5.41) is 0. The zero-order chi connectivity index (χ0) is 18.1. The minimum atomic E-state index is -0.464. The van der Waals surface area contributed by atoms with Gasteiger partial charge in [-0.3, -0.25) is 9.36 Å². The van der Waals surface area contributed by atoms with Gasteiger partial charge in [-0.1, -0.05) is 24.3 Å². The summed E-state index contributed by atoms with van der Waals surface area (Å²) in [5.41, 5.74) is 0.435. The number of nitrogens with zero attached hydrogens (tertiary/aromatic N) is 4. The fourth-order valence-electron chi connectivity index (χ4n) is 2.96. The Morgan fingerprint density at radius 3 is 2.62 bits per heavy atom. The molecule has 0 saturated heterocycles. The molecule has 7 nitrogen and oxygen atoms in total. The third-order valence-electron chi connectivity index (χ3n) is 4.13. The maximum Gasteiger partial charge on any atom is 0.337 e. The summed E-state index contributed by atoms with van der Waals surface area (Å²) < 4.78 is 9.61. The number of hydrogen-bond acceptors (Lipinski definition) is 4. The molecule has 0 fully saturated rings. The van der Waals surface area contributed by atoms with E-state index in [9.17, 15) is 9.59 Å². The average molecular weight is 348 g/mol. The van der Waals surface area contributed by atoms with Crippen molar-refractivity contribution in [2.24, 2.45) is 0 Å².